The Kier molecular flexibility index (Phi) is 3.49. The maximum absolute atomic E-state index is 11.6. The first-order valence-electron chi connectivity index (χ1n) is 9.57. The van der Waals surface area contributed by atoms with Gasteiger partial charge >= 0.3 is 0 Å². The molecule has 4 aliphatic carbocycles. The van der Waals surface area contributed by atoms with Crippen LogP contribution in [0.2, 0.25) is 0 Å². The average Bonchev–Trinajstić information content (AvgIpc) is 2.71. The lowest BCUT2D eigenvalue weighted by Crippen LogP contribution is -2.57. The Hall–Kier alpha value is -0.460. The molecule has 0 heterocycles. The van der Waals surface area contributed by atoms with Crippen molar-refractivity contribution in [1.82, 2.24) is 0 Å². The van der Waals surface area contributed by atoms with Crippen molar-refractivity contribution in [3.05, 3.63) is 12.2 Å². The maximum atomic E-state index is 11.6. The summed E-state index contributed by atoms with van der Waals surface area (Å²) in [6, 6.07) is 0. The maximum Gasteiger partial charge on any atom is 0.105 e. The van der Waals surface area contributed by atoms with Crippen LogP contribution >= 0.6 is 0 Å². The zero-order valence-electron chi connectivity index (χ0n) is 15.4. The van der Waals surface area contributed by atoms with Crippen LogP contribution in [0.4, 0.5) is 0 Å². The van der Waals surface area contributed by atoms with Crippen molar-refractivity contribution in [1.29, 1.82) is 0 Å². The molecule has 4 saturated carbocycles. The lowest BCUT2D eigenvalue weighted by molar-refractivity contribution is -0.174. The molecule has 25 heavy (non-hydrogen) atoms. The Bertz CT molecular complexity index is 613. The Morgan fingerprint density at radius 3 is 2.24 bits per heavy atom. The zero-order chi connectivity index (χ0) is 18.6. The van der Waals surface area contributed by atoms with Crippen LogP contribution in [0.25, 0.3) is 0 Å². The van der Waals surface area contributed by atoms with Crippen molar-refractivity contribution in [2.45, 2.75) is 82.4 Å². The van der Waals surface area contributed by atoms with Crippen molar-refractivity contribution < 1.29 is 25.5 Å². The highest BCUT2D eigenvalue weighted by Crippen LogP contribution is 2.68. The van der Waals surface area contributed by atoms with E-state index in [-0.39, 0.29) is 18.3 Å². The van der Waals surface area contributed by atoms with Gasteiger partial charge in [0.25, 0.3) is 0 Å². The van der Waals surface area contributed by atoms with Gasteiger partial charge in [0, 0.05) is 22.7 Å². The lowest BCUT2D eigenvalue weighted by Gasteiger charge is -2.46. The number of fused-ring (bicyclic) bond motifs is 2. The molecule has 5 heteroatoms. The minimum Gasteiger partial charge on any atom is -0.392 e. The summed E-state index contributed by atoms with van der Waals surface area (Å²) in [5.41, 5.74) is -3.12. The van der Waals surface area contributed by atoms with Crippen LogP contribution in [0.5, 0.6) is 0 Å². The smallest absolute Gasteiger partial charge is 0.105 e. The van der Waals surface area contributed by atoms with Crippen molar-refractivity contribution >= 4 is 0 Å². The predicted octanol–water partition coefficient (Wildman–Crippen LogP) is 0.974. The molecular formula is C20H32O5. The van der Waals surface area contributed by atoms with Gasteiger partial charge in [-0.05, 0) is 44.9 Å². The molecule has 0 aromatic heterocycles. The molecule has 1 spiro atoms. The molecule has 4 aliphatic rings. The molecule has 0 aliphatic heterocycles. The first-order valence-corrected chi connectivity index (χ1v) is 9.57. The van der Waals surface area contributed by atoms with Crippen molar-refractivity contribution in [3.8, 4) is 0 Å². The summed E-state index contributed by atoms with van der Waals surface area (Å²) >= 11 is 0. The van der Waals surface area contributed by atoms with E-state index < -0.39 is 46.3 Å². The van der Waals surface area contributed by atoms with E-state index >= 15 is 0 Å². The summed E-state index contributed by atoms with van der Waals surface area (Å²) < 4.78 is 0. The molecular weight excluding hydrogens is 320 g/mol. The summed E-state index contributed by atoms with van der Waals surface area (Å²) in [6.07, 6.45) is 0.0421. The van der Waals surface area contributed by atoms with Crippen molar-refractivity contribution in [2.24, 2.45) is 28.6 Å². The topological polar surface area (TPSA) is 101 Å². The third kappa shape index (κ3) is 1.86. The summed E-state index contributed by atoms with van der Waals surface area (Å²) in [6.45, 7) is 9.67. The highest BCUT2D eigenvalue weighted by Gasteiger charge is 2.72. The molecule has 4 rings (SSSR count). The Morgan fingerprint density at radius 1 is 0.960 bits per heavy atom. The molecule has 0 radical (unpaired) electrons. The predicted molar refractivity (Wildman–Crippen MR) is 92.5 cm³/mol. The minimum atomic E-state index is -1.47. The van der Waals surface area contributed by atoms with Crippen molar-refractivity contribution in [2.75, 3.05) is 0 Å². The molecule has 0 amide bonds. The minimum absolute atomic E-state index is 0.0532. The Morgan fingerprint density at radius 2 is 1.60 bits per heavy atom. The van der Waals surface area contributed by atoms with Crippen LogP contribution < -0.4 is 0 Å². The second-order valence-electron chi connectivity index (χ2n) is 10.1. The highest BCUT2D eigenvalue weighted by molar-refractivity contribution is 5.31. The van der Waals surface area contributed by atoms with Gasteiger partial charge in [-0.25, -0.2) is 0 Å². The quantitative estimate of drug-likeness (QED) is 0.418. The number of hydrogen-bond acceptors (Lipinski definition) is 5. The van der Waals surface area contributed by atoms with Gasteiger partial charge < -0.3 is 25.5 Å². The first kappa shape index (κ1) is 17.9. The Labute approximate surface area is 149 Å². The summed E-state index contributed by atoms with van der Waals surface area (Å²) in [4.78, 5) is 0. The molecule has 142 valence electrons. The molecule has 9 atom stereocenters. The van der Waals surface area contributed by atoms with Crippen LogP contribution in [-0.2, 0) is 0 Å². The molecule has 5 nitrogen and oxygen atoms in total. The van der Waals surface area contributed by atoms with E-state index in [0.717, 1.165) is 12.0 Å². The molecule has 5 N–H and O–H groups in total. The van der Waals surface area contributed by atoms with Crippen molar-refractivity contribution in [3.63, 3.8) is 0 Å². The lowest BCUT2D eigenvalue weighted by atomic mass is 9.61. The van der Waals surface area contributed by atoms with Crippen LogP contribution in [0.1, 0.15) is 52.9 Å². The van der Waals surface area contributed by atoms with E-state index in [1.54, 1.807) is 20.8 Å². The molecule has 0 saturated heterocycles. The fourth-order valence-corrected chi connectivity index (χ4v) is 7.23. The summed E-state index contributed by atoms with van der Waals surface area (Å²) in [5.74, 6) is -0.649. The monoisotopic (exact) mass is 352 g/mol. The van der Waals surface area contributed by atoms with E-state index in [2.05, 4.69) is 6.58 Å². The van der Waals surface area contributed by atoms with Gasteiger partial charge in [-0.1, -0.05) is 26.0 Å². The van der Waals surface area contributed by atoms with Crippen LogP contribution in [-0.4, -0.2) is 55.0 Å². The molecule has 0 aromatic carbocycles. The van der Waals surface area contributed by atoms with E-state index in [1.165, 1.54) is 0 Å². The largest absolute Gasteiger partial charge is 0.392 e. The van der Waals surface area contributed by atoms with Crippen LogP contribution in [0, 0.1) is 28.6 Å². The number of aliphatic hydroxyl groups excluding tert-OH is 3. The molecule has 0 aromatic rings. The normalized spacial score (nSPS) is 60.1. The molecule has 2 bridgehead atoms. The van der Waals surface area contributed by atoms with Gasteiger partial charge in [0.2, 0.25) is 0 Å². The molecule has 4 fully saturated rings. The van der Waals surface area contributed by atoms with Gasteiger partial charge in [-0.3, -0.25) is 0 Å². The second-order valence-corrected chi connectivity index (χ2v) is 10.1. The van der Waals surface area contributed by atoms with Gasteiger partial charge in [0.15, 0.2) is 0 Å². The zero-order valence-corrected chi connectivity index (χ0v) is 15.4. The van der Waals surface area contributed by atoms with Gasteiger partial charge in [0.05, 0.1) is 23.9 Å². The third-order valence-electron chi connectivity index (χ3n) is 8.75. The summed E-state index contributed by atoms with van der Waals surface area (Å²) in [7, 11) is 0. The third-order valence-corrected chi connectivity index (χ3v) is 8.75. The van der Waals surface area contributed by atoms with E-state index in [9.17, 15) is 25.5 Å². The van der Waals surface area contributed by atoms with Gasteiger partial charge in [0.1, 0.15) is 5.60 Å². The van der Waals surface area contributed by atoms with E-state index in [4.69, 9.17) is 0 Å². The highest BCUT2D eigenvalue weighted by atomic mass is 16.4. The van der Waals surface area contributed by atoms with Crippen LogP contribution in [0.3, 0.4) is 0 Å². The Balaban J connectivity index is 1.85. The fourth-order valence-electron chi connectivity index (χ4n) is 7.23. The van der Waals surface area contributed by atoms with Crippen LogP contribution in [0.15, 0.2) is 12.2 Å². The number of rotatable bonds is 0. The number of hydrogen-bond donors (Lipinski definition) is 5. The average molecular weight is 352 g/mol. The van der Waals surface area contributed by atoms with Gasteiger partial charge in [-0.15, -0.1) is 0 Å². The summed E-state index contributed by atoms with van der Waals surface area (Å²) in [5, 5.41) is 55.2. The van der Waals surface area contributed by atoms with E-state index in [0.29, 0.717) is 19.3 Å². The SMILES string of the molecule is C=C1[C@@H]2CC[C@@H]3[C@@H](O)[C@@]2(C[C@@H](O)[C@@]2(O)[C@H]1C[C@H](O)C2(C)C)C[C@]3(C)O. The first-order chi connectivity index (χ1) is 11.4. The number of aliphatic hydroxyl groups is 5. The standard InChI is InChI=1S/C20H32O5/c1-10-11-5-6-12-16(23)19(11,9-18(12,4)24)8-15(22)20(25)13(10)7-14(21)17(20,2)3/h11-16,21-25H,1,5-9H2,2-4H3/t11-,12+,13-,14-,15+,16+,18-,19-,20-/m0/s1. The molecule has 0 unspecified atom stereocenters. The second kappa shape index (κ2) is 4.87. The fraction of sp³-hybridized carbons (Fsp3) is 0.900. The van der Waals surface area contributed by atoms with E-state index in [1.807, 2.05) is 0 Å². The van der Waals surface area contributed by atoms with Gasteiger partial charge in [-0.2, -0.15) is 0 Å².